The Hall–Kier alpha value is -1.81. The summed E-state index contributed by atoms with van der Waals surface area (Å²) in [5.74, 6) is 0. The number of anilines is 3. The van der Waals surface area contributed by atoms with Crippen LogP contribution in [0.2, 0.25) is 0 Å². The van der Waals surface area contributed by atoms with Gasteiger partial charge in [-0.15, -0.1) is 0 Å². The SMILES string of the molecule is Cc1cccc(N(c2ccccc2)c2ccc(CCCCCCI)cc2)c1. The Kier molecular flexibility index (Phi) is 7.76. The first-order valence-corrected chi connectivity index (χ1v) is 11.4. The van der Waals surface area contributed by atoms with Crippen LogP contribution in [0.25, 0.3) is 0 Å². The maximum Gasteiger partial charge on any atom is 0.0464 e. The van der Waals surface area contributed by atoms with Gasteiger partial charge in [-0.1, -0.05) is 77.9 Å². The molecular formula is C25H28IN. The molecule has 3 aromatic carbocycles. The van der Waals surface area contributed by atoms with Gasteiger partial charge in [0, 0.05) is 17.1 Å². The van der Waals surface area contributed by atoms with Crippen molar-refractivity contribution in [3.05, 3.63) is 90.0 Å². The lowest BCUT2D eigenvalue weighted by atomic mass is 10.1. The van der Waals surface area contributed by atoms with E-state index >= 15 is 0 Å². The van der Waals surface area contributed by atoms with Crippen LogP contribution < -0.4 is 4.90 Å². The maximum absolute atomic E-state index is 2.47. The third-order valence-electron chi connectivity index (χ3n) is 4.82. The van der Waals surface area contributed by atoms with Gasteiger partial charge in [-0.2, -0.15) is 0 Å². The summed E-state index contributed by atoms with van der Waals surface area (Å²) < 4.78 is 1.28. The number of hydrogen-bond acceptors (Lipinski definition) is 1. The average molecular weight is 469 g/mol. The number of benzene rings is 3. The smallest absolute Gasteiger partial charge is 0.0464 e. The van der Waals surface area contributed by atoms with Gasteiger partial charge in [-0.05, 0) is 78.1 Å². The maximum atomic E-state index is 2.47. The van der Waals surface area contributed by atoms with Crippen molar-refractivity contribution < 1.29 is 0 Å². The Morgan fingerprint density at radius 2 is 1.33 bits per heavy atom. The van der Waals surface area contributed by atoms with E-state index < -0.39 is 0 Å². The van der Waals surface area contributed by atoms with Crippen molar-refractivity contribution in [2.24, 2.45) is 0 Å². The number of aryl methyl sites for hydroxylation is 2. The Balaban J connectivity index is 1.79. The van der Waals surface area contributed by atoms with Crippen LogP contribution in [0.5, 0.6) is 0 Å². The monoisotopic (exact) mass is 469 g/mol. The largest absolute Gasteiger partial charge is 0.310 e. The molecule has 0 saturated heterocycles. The first-order valence-electron chi connectivity index (χ1n) is 9.85. The highest BCUT2D eigenvalue weighted by molar-refractivity contribution is 14.1. The fourth-order valence-corrected chi connectivity index (χ4v) is 3.92. The van der Waals surface area contributed by atoms with Crippen LogP contribution in [0.4, 0.5) is 17.1 Å². The molecule has 0 spiro atoms. The average Bonchev–Trinajstić information content (AvgIpc) is 2.70. The zero-order chi connectivity index (χ0) is 18.9. The molecule has 0 aliphatic carbocycles. The molecule has 0 bridgehead atoms. The van der Waals surface area contributed by atoms with Crippen LogP contribution in [0.3, 0.4) is 0 Å². The Labute approximate surface area is 177 Å². The standard InChI is InChI=1S/C25H28IN/c1-21-10-9-14-25(20-21)27(23-12-6-4-7-13-23)24-17-15-22(16-18-24)11-5-2-3-8-19-26/h4,6-7,9-10,12-18,20H,2-3,5,8,11,19H2,1H3. The van der Waals surface area contributed by atoms with Gasteiger partial charge in [0.1, 0.15) is 0 Å². The first-order chi connectivity index (χ1) is 13.3. The third-order valence-corrected chi connectivity index (χ3v) is 5.58. The second-order valence-corrected chi connectivity index (χ2v) is 8.11. The van der Waals surface area contributed by atoms with E-state index in [4.69, 9.17) is 0 Å². The molecular weight excluding hydrogens is 441 g/mol. The van der Waals surface area contributed by atoms with Gasteiger partial charge in [0.15, 0.2) is 0 Å². The van der Waals surface area contributed by atoms with E-state index in [0.717, 1.165) is 0 Å². The lowest BCUT2D eigenvalue weighted by Gasteiger charge is -2.26. The minimum Gasteiger partial charge on any atom is -0.310 e. The molecule has 0 heterocycles. The number of para-hydroxylation sites is 1. The molecule has 1 nitrogen and oxygen atoms in total. The fourth-order valence-electron chi connectivity index (χ4n) is 3.38. The van der Waals surface area contributed by atoms with Crippen LogP contribution in [-0.2, 0) is 6.42 Å². The Bertz CT molecular complexity index is 811. The van der Waals surface area contributed by atoms with Crippen molar-refractivity contribution in [2.75, 3.05) is 9.33 Å². The zero-order valence-corrected chi connectivity index (χ0v) is 18.2. The van der Waals surface area contributed by atoms with E-state index in [1.807, 2.05) is 0 Å². The van der Waals surface area contributed by atoms with Gasteiger partial charge < -0.3 is 4.90 Å². The quantitative estimate of drug-likeness (QED) is 0.174. The predicted octanol–water partition coefficient (Wildman–Crippen LogP) is 8.00. The molecule has 0 aliphatic heterocycles. The molecule has 3 rings (SSSR count). The molecule has 0 unspecified atom stereocenters. The number of halogens is 1. The van der Waals surface area contributed by atoms with Crippen LogP contribution in [0, 0.1) is 6.92 Å². The summed E-state index contributed by atoms with van der Waals surface area (Å²) >= 11 is 2.47. The van der Waals surface area contributed by atoms with Crippen LogP contribution >= 0.6 is 22.6 Å². The molecule has 0 radical (unpaired) electrons. The fraction of sp³-hybridized carbons (Fsp3) is 0.280. The summed E-state index contributed by atoms with van der Waals surface area (Å²) in [6.07, 6.45) is 6.51. The normalized spacial score (nSPS) is 10.7. The second-order valence-electron chi connectivity index (χ2n) is 7.03. The predicted molar refractivity (Wildman–Crippen MR) is 127 cm³/mol. The molecule has 0 saturated carbocycles. The summed E-state index contributed by atoms with van der Waals surface area (Å²) in [7, 11) is 0. The second kappa shape index (κ2) is 10.5. The molecule has 27 heavy (non-hydrogen) atoms. The van der Waals surface area contributed by atoms with Crippen LogP contribution in [0.15, 0.2) is 78.9 Å². The molecule has 0 amide bonds. The summed E-state index contributed by atoms with van der Waals surface area (Å²) in [6, 6.07) is 28.4. The molecule has 140 valence electrons. The molecule has 0 fully saturated rings. The van der Waals surface area contributed by atoms with Crippen molar-refractivity contribution in [3.8, 4) is 0 Å². The van der Waals surface area contributed by atoms with Crippen molar-refractivity contribution in [2.45, 2.75) is 39.0 Å². The van der Waals surface area contributed by atoms with Gasteiger partial charge in [0.25, 0.3) is 0 Å². The summed E-state index contributed by atoms with van der Waals surface area (Å²) in [4.78, 5) is 2.33. The lowest BCUT2D eigenvalue weighted by Crippen LogP contribution is -2.10. The van der Waals surface area contributed by atoms with E-state index in [9.17, 15) is 0 Å². The summed E-state index contributed by atoms with van der Waals surface area (Å²) in [5, 5.41) is 0. The lowest BCUT2D eigenvalue weighted by molar-refractivity contribution is 0.673. The molecule has 2 heteroatoms. The number of hydrogen-bond donors (Lipinski definition) is 0. The molecule has 0 aliphatic rings. The summed E-state index contributed by atoms with van der Waals surface area (Å²) in [5.41, 5.74) is 6.31. The Morgan fingerprint density at radius 3 is 2.04 bits per heavy atom. The van der Waals surface area contributed by atoms with Crippen molar-refractivity contribution in [1.29, 1.82) is 0 Å². The van der Waals surface area contributed by atoms with Gasteiger partial charge >= 0.3 is 0 Å². The molecule has 0 aromatic heterocycles. The highest BCUT2D eigenvalue weighted by Crippen LogP contribution is 2.34. The van der Waals surface area contributed by atoms with Gasteiger partial charge in [-0.3, -0.25) is 0 Å². The minimum absolute atomic E-state index is 1.18. The van der Waals surface area contributed by atoms with E-state index in [0.29, 0.717) is 0 Å². The number of rotatable bonds is 9. The van der Waals surface area contributed by atoms with Crippen LogP contribution in [0.1, 0.15) is 36.8 Å². The highest BCUT2D eigenvalue weighted by atomic mass is 127. The van der Waals surface area contributed by atoms with Crippen molar-refractivity contribution in [3.63, 3.8) is 0 Å². The topological polar surface area (TPSA) is 3.24 Å². The Morgan fingerprint density at radius 1 is 0.667 bits per heavy atom. The van der Waals surface area contributed by atoms with Crippen LogP contribution in [-0.4, -0.2) is 4.43 Å². The third kappa shape index (κ3) is 5.83. The van der Waals surface area contributed by atoms with E-state index in [-0.39, 0.29) is 0 Å². The van der Waals surface area contributed by atoms with Gasteiger partial charge in [-0.25, -0.2) is 0 Å². The number of alkyl halides is 1. The van der Waals surface area contributed by atoms with E-state index in [1.165, 1.54) is 64.7 Å². The van der Waals surface area contributed by atoms with Gasteiger partial charge in [0.05, 0.1) is 0 Å². The number of nitrogens with zero attached hydrogens (tertiary/aromatic N) is 1. The summed E-state index contributed by atoms with van der Waals surface area (Å²) in [6.45, 7) is 2.15. The van der Waals surface area contributed by atoms with Crippen molar-refractivity contribution in [1.82, 2.24) is 0 Å². The number of unbranched alkanes of at least 4 members (excludes halogenated alkanes) is 3. The zero-order valence-electron chi connectivity index (χ0n) is 16.1. The molecule has 0 atom stereocenters. The first kappa shape index (κ1) is 19.9. The highest BCUT2D eigenvalue weighted by Gasteiger charge is 2.12. The molecule has 3 aromatic rings. The van der Waals surface area contributed by atoms with Gasteiger partial charge in [0.2, 0.25) is 0 Å². The van der Waals surface area contributed by atoms with E-state index in [1.54, 1.807) is 0 Å². The van der Waals surface area contributed by atoms with Crippen molar-refractivity contribution >= 4 is 39.7 Å². The minimum atomic E-state index is 1.18. The molecule has 0 N–H and O–H groups in total. The van der Waals surface area contributed by atoms with E-state index in [2.05, 4.69) is 113 Å².